The lowest BCUT2D eigenvalue weighted by molar-refractivity contribution is 0.831. The Morgan fingerprint density at radius 3 is 0.756 bits per heavy atom. The van der Waals surface area contributed by atoms with Crippen molar-refractivity contribution >= 4 is 11.8 Å². The minimum absolute atomic E-state index is 0.521. The van der Waals surface area contributed by atoms with Crippen LogP contribution in [0.15, 0.2) is 170 Å². The Balaban J connectivity index is 1.76. The Morgan fingerprint density at radius 2 is 0.512 bits per heavy atom. The summed E-state index contributed by atoms with van der Waals surface area (Å²) < 4.78 is -1.04. The predicted molar refractivity (Wildman–Crippen MR) is 175 cm³/mol. The van der Waals surface area contributed by atoms with Crippen LogP contribution in [0.1, 0.15) is 44.5 Å². The highest BCUT2D eigenvalue weighted by Crippen LogP contribution is 2.61. The molecule has 0 amide bonds. The number of rotatable bonds is 8. The summed E-state index contributed by atoms with van der Waals surface area (Å²) in [5, 5.41) is 0. The van der Waals surface area contributed by atoms with E-state index in [4.69, 9.17) is 0 Å². The van der Waals surface area contributed by atoms with Crippen molar-refractivity contribution in [2.75, 3.05) is 0 Å². The van der Waals surface area contributed by atoms with Crippen molar-refractivity contribution in [3.05, 3.63) is 214 Å². The van der Waals surface area contributed by atoms with Crippen molar-refractivity contribution in [3.8, 4) is 0 Å². The molecule has 0 N–H and O–H groups in total. The molecule has 0 atom stereocenters. The van der Waals surface area contributed by atoms with E-state index in [1.807, 2.05) is 11.8 Å². The maximum atomic E-state index is 2.32. The number of hydrogen-bond donors (Lipinski definition) is 0. The summed E-state index contributed by atoms with van der Waals surface area (Å²) in [5.74, 6) is 0. The molecule has 41 heavy (non-hydrogen) atoms. The van der Waals surface area contributed by atoms with Gasteiger partial charge in [0.15, 0.2) is 0 Å². The van der Waals surface area contributed by atoms with Gasteiger partial charge in [-0.15, -0.1) is 11.8 Å². The molecule has 0 saturated heterocycles. The Labute approximate surface area is 248 Å². The van der Waals surface area contributed by atoms with Gasteiger partial charge in [0.25, 0.3) is 0 Å². The maximum absolute atomic E-state index is 2.32. The minimum atomic E-state index is -0.521. The van der Waals surface area contributed by atoms with E-state index in [0.29, 0.717) is 0 Å². The lowest BCUT2D eigenvalue weighted by Gasteiger charge is -2.45. The van der Waals surface area contributed by atoms with Crippen LogP contribution in [0.4, 0.5) is 0 Å². The lowest BCUT2D eigenvalue weighted by Crippen LogP contribution is -2.36. The molecule has 0 unspecified atom stereocenters. The summed E-state index contributed by atoms with van der Waals surface area (Å²) >= 11 is 2.02. The van der Waals surface area contributed by atoms with Gasteiger partial charge < -0.3 is 0 Å². The van der Waals surface area contributed by atoms with E-state index >= 15 is 0 Å². The third-order valence-electron chi connectivity index (χ3n) is 7.94. The second-order valence-corrected chi connectivity index (χ2v) is 12.1. The smallest absolute Gasteiger partial charge is 0.0922 e. The third-order valence-corrected chi connectivity index (χ3v) is 9.97. The Bertz CT molecular complexity index is 1460. The standard InChI is InChI=1S/C40H34S/c1-31-23-27-37(28-24-31)39(33-15-7-3-8-16-33,34-17-9-4-10-18-34)41-40(35-19-11-5-12-20-35,36-21-13-6-14-22-36)38-29-25-32(2)26-30-38/h3-30H,1-2H3. The monoisotopic (exact) mass is 546 g/mol. The molecule has 0 aliphatic carbocycles. The maximum Gasteiger partial charge on any atom is 0.0922 e. The van der Waals surface area contributed by atoms with E-state index in [9.17, 15) is 0 Å². The van der Waals surface area contributed by atoms with Crippen molar-refractivity contribution in [2.24, 2.45) is 0 Å². The fourth-order valence-electron chi connectivity index (χ4n) is 5.85. The van der Waals surface area contributed by atoms with Crippen molar-refractivity contribution < 1.29 is 0 Å². The molecule has 6 aromatic rings. The Kier molecular flexibility index (Phi) is 7.63. The van der Waals surface area contributed by atoms with Gasteiger partial charge >= 0.3 is 0 Å². The zero-order valence-corrected chi connectivity index (χ0v) is 24.4. The van der Waals surface area contributed by atoms with Gasteiger partial charge in [-0.05, 0) is 47.2 Å². The number of aryl methyl sites for hydroxylation is 2. The van der Waals surface area contributed by atoms with Gasteiger partial charge in [0.1, 0.15) is 0 Å². The predicted octanol–water partition coefficient (Wildman–Crippen LogP) is 10.3. The van der Waals surface area contributed by atoms with E-state index in [-0.39, 0.29) is 0 Å². The van der Waals surface area contributed by atoms with Crippen molar-refractivity contribution in [1.29, 1.82) is 0 Å². The summed E-state index contributed by atoms with van der Waals surface area (Å²) in [6.07, 6.45) is 0. The molecule has 0 saturated carbocycles. The summed E-state index contributed by atoms with van der Waals surface area (Å²) in [7, 11) is 0. The molecule has 0 bridgehead atoms. The van der Waals surface area contributed by atoms with Crippen LogP contribution in [0.3, 0.4) is 0 Å². The Morgan fingerprint density at radius 1 is 0.293 bits per heavy atom. The largest absolute Gasteiger partial charge is 0.119 e. The molecule has 1 heteroatoms. The molecule has 200 valence electrons. The summed E-state index contributed by atoms with van der Waals surface area (Å²) in [4.78, 5) is 0. The highest BCUT2D eigenvalue weighted by molar-refractivity contribution is 8.02. The van der Waals surface area contributed by atoms with Gasteiger partial charge in [-0.1, -0.05) is 181 Å². The molecule has 6 aromatic carbocycles. The first-order valence-electron chi connectivity index (χ1n) is 14.2. The average molecular weight is 547 g/mol. The fraction of sp³-hybridized carbons (Fsp3) is 0.100. The van der Waals surface area contributed by atoms with Crippen LogP contribution in [-0.4, -0.2) is 0 Å². The van der Waals surface area contributed by atoms with Crippen LogP contribution in [0, 0.1) is 13.8 Å². The molecule has 0 radical (unpaired) electrons. The van der Waals surface area contributed by atoms with Gasteiger partial charge in [-0.3, -0.25) is 0 Å². The van der Waals surface area contributed by atoms with Crippen molar-refractivity contribution in [1.82, 2.24) is 0 Å². The molecular weight excluding hydrogens is 513 g/mol. The molecule has 6 rings (SSSR count). The van der Waals surface area contributed by atoms with Gasteiger partial charge in [0, 0.05) is 0 Å². The first-order valence-corrected chi connectivity index (χ1v) is 15.0. The number of benzene rings is 6. The van der Waals surface area contributed by atoms with E-state index in [1.54, 1.807) is 0 Å². The van der Waals surface area contributed by atoms with Gasteiger partial charge in [0.2, 0.25) is 0 Å². The van der Waals surface area contributed by atoms with Crippen LogP contribution in [0.5, 0.6) is 0 Å². The normalized spacial score (nSPS) is 11.8. The van der Waals surface area contributed by atoms with Crippen LogP contribution >= 0.6 is 11.8 Å². The fourth-order valence-corrected chi connectivity index (χ4v) is 7.83. The van der Waals surface area contributed by atoms with Gasteiger partial charge in [-0.25, -0.2) is 0 Å². The van der Waals surface area contributed by atoms with E-state index in [1.165, 1.54) is 44.5 Å². The first-order chi connectivity index (χ1) is 20.1. The van der Waals surface area contributed by atoms with Gasteiger partial charge in [-0.2, -0.15) is 0 Å². The zero-order valence-electron chi connectivity index (χ0n) is 23.6. The molecule has 0 spiro atoms. The molecule has 0 aliphatic heterocycles. The molecule has 0 aromatic heterocycles. The lowest BCUT2D eigenvalue weighted by atomic mass is 9.82. The second-order valence-electron chi connectivity index (χ2n) is 10.7. The average Bonchev–Trinajstić information content (AvgIpc) is 3.05. The second kappa shape index (κ2) is 11.6. The summed E-state index contributed by atoms with van der Waals surface area (Å²) in [5.41, 5.74) is 10.0. The SMILES string of the molecule is Cc1ccc(C(SC(c2ccccc2)(c2ccccc2)c2ccc(C)cc2)(c2ccccc2)c2ccccc2)cc1. The summed E-state index contributed by atoms with van der Waals surface area (Å²) in [6.45, 7) is 4.32. The number of hydrogen-bond acceptors (Lipinski definition) is 1. The minimum Gasteiger partial charge on any atom is -0.119 e. The van der Waals surface area contributed by atoms with Crippen molar-refractivity contribution in [2.45, 2.75) is 23.3 Å². The van der Waals surface area contributed by atoms with Crippen LogP contribution in [0.25, 0.3) is 0 Å². The number of thioether (sulfide) groups is 1. The Hall–Kier alpha value is -4.33. The summed E-state index contributed by atoms with van der Waals surface area (Å²) in [6, 6.07) is 62.3. The molecular formula is C40H34S. The topological polar surface area (TPSA) is 0 Å². The molecule has 0 aliphatic rings. The zero-order chi connectivity index (χ0) is 28.1. The quantitative estimate of drug-likeness (QED) is 0.171. The van der Waals surface area contributed by atoms with E-state index in [0.717, 1.165) is 0 Å². The van der Waals surface area contributed by atoms with E-state index in [2.05, 4.69) is 184 Å². The molecule has 0 heterocycles. The molecule has 0 fully saturated rings. The van der Waals surface area contributed by atoms with Crippen molar-refractivity contribution in [3.63, 3.8) is 0 Å². The highest BCUT2D eigenvalue weighted by atomic mass is 32.2. The molecule has 0 nitrogen and oxygen atoms in total. The van der Waals surface area contributed by atoms with Crippen LogP contribution < -0.4 is 0 Å². The van der Waals surface area contributed by atoms with Crippen LogP contribution in [0.2, 0.25) is 0 Å². The van der Waals surface area contributed by atoms with E-state index < -0.39 is 9.49 Å². The van der Waals surface area contributed by atoms with Gasteiger partial charge in [0.05, 0.1) is 9.49 Å². The van der Waals surface area contributed by atoms with Crippen LogP contribution in [-0.2, 0) is 9.49 Å². The first kappa shape index (κ1) is 26.9. The third kappa shape index (κ3) is 5.03. The highest BCUT2D eigenvalue weighted by Gasteiger charge is 2.48.